The van der Waals surface area contributed by atoms with Crippen molar-refractivity contribution < 1.29 is 19.0 Å². The number of hydrogen-bond donors (Lipinski definition) is 2. The number of nitrogens with one attached hydrogen (secondary N) is 2. The zero-order chi connectivity index (χ0) is 18.5. The molecule has 1 amide bonds. The van der Waals surface area contributed by atoms with Crippen molar-refractivity contribution in [1.29, 1.82) is 0 Å². The zero-order valence-electron chi connectivity index (χ0n) is 15.7. The molecule has 1 aliphatic heterocycles. The number of ether oxygens (including phenoxy) is 3. The van der Waals surface area contributed by atoms with Crippen molar-refractivity contribution in [3.63, 3.8) is 0 Å². The van der Waals surface area contributed by atoms with Gasteiger partial charge in [0.1, 0.15) is 0 Å². The molecule has 148 valence electrons. The number of aromatic nitrogens is 2. The summed E-state index contributed by atoms with van der Waals surface area (Å²) in [5.41, 5.74) is 3.10. The molecule has 0 spiro atoms. The zero-order valence-corrected chi connectivity index (χ0v) is 16.5. The van der Waals surface area contributed by atoms with Crippen molar-refractivity contribution >= 4 is 24.0 Å². The third-order valence-corrected chi connectivity index (χ3v) is 4.45. The van der Waals surface area contributed by atoms with Crippen LogP contribution in [0.25, 0.3) is 0 Å². The average molecular weight is 397 g/mol. The SMILES string of the molecule is COCCN(C(=O)c1n[nH]c2c1CNCC2)c1ccc(OC)c(OC)c1.Cl. The van der Waals surface area contributed by atoms with Crippen LogP contribution in [0.4, 0.5) is 5.69 Å². The minimum absolute atomic E-state index is 0. The number of carbonyl (C=O) groups is 1. The lowest BCUT2D eigenvalue weighted by molar-refractivity contribution is 0.0970. The van der Waals surface area contributed by atoms with E-state index in [-0.39, 0.29) is 18.3 Å². The van der Waals surface area contributed by atoms with Crippen molar-refractivity contribution in [1.82, 2.24) is 15.5 Å². The number of benzene rings is 1. The van der Waals surface area contributed by atoms with Gasteiger partial charge in [-0.3, -0.25) is 9.89 Å². The molecular formula is C18H25ClN4O4. The maximum atomic E-state index is 13.2. The van der Waals surface area contributed by atoms with Crippen LogP contribution in [-0.4, -0.2) is 57.1 Å². The normalized spacial score (nSPS) is 12.7. The lowest BCUT2D eigenvalue weighted by Gasteiger charge is -2.23. The largest absolute Gasteiger partial charge is 0.493 e. The van der Waals surface area contributed by atoms with Gasteiger partial charge >= 0.3 is 0 Å². The van der Waals surface area contributed by atoms with E-state index in [4.69, 9.17) is 14.2 Å². The molecule has 0 bridgehead atoms. The van der Waals surface area contributed by atoms with Crippen LogP contribution in [0.3, 0.4) is 0 Å². The molecule has 1 aliphatic rings. The quantitative estimate of drug-likeness (QED) is 0.741. The molecule has 0 radical (unpaired) electrons. The van der Waals surface area contributed by atoms with E-state index >= 15 is 0 Å². The van der Waals surface area contributed by atoms with Crippen LogP contribution >= 0.6 is 12.4 Å². The van der Waals surface area contributed by atoms with Crippen LogP contribution in [0.1, 0.15) is 21.7 Å². The van der Waals surface area contributed by atoms with Crippen molar-refractivity contribution in [2.45, 2.75) is 13.0 Å². The number of halogens is 1. The highest BCUT2D eigenvalue weighted by molar-refractivity contribution is 6.06. The van der Waals surface area contributed by atoms with Crippen LogP contribution < -0.4 is 19.7 Å². The van der Waals surface area contributed by atoms with E-state index in [2.05, 4.69) is 15.5 Å². The minimum atomic E-state index is -0.171. The molecule has 1 aromatic carbocycles. The van der Waals surface area contributed by atoms with Gasteiger partial charge in [0.05, 0.1) is 20.8 Å². The predicted octanol–water partition coefficient (Wildman–Crippen LogP) is 1.79. The maximum absolute atomic E-state index is 13.2. The van der Waals surface area contributed by atoms with Crippen LogP contribution in [0.5, 0.6) is 11.5 Å². The summed E-state index contributed by atoms with van der Waals surface area (Å²) in [6.45, 7) is 2.33. The summed E-state index contributed by atoms with van der Waals surface area (Å²) in [4.78, 5) is 14.9. The van der Waals surface area contributed by atoms with Gasteiger partial charge in [-0.1, -0.05) is 0 Å². The van der Waals surface area contributed by atoms with E-state index in [0.29, 0.717) is 42.6 Å². The fourth-order valence-electron chi connectivity index (χ4n) is 3.05. The first-order chi connectivity index (χ1) is 12.7. The van der Waals surface area contributed by atoms with Gasteiger partial charge in [0.2, 0.25) is 0 Å². The Morgan fingerprint density at radius 2 is 2.00 bits per heavy atom. The third kappa shape index (κ3) is 4.35. The van der Waals surface area contributed by atoms with Gasteiger partial charge in [0.15, 0.2) is 17.2 Å². The Hall–Kier alpha value is -2.29. The smallest absolute Gasteiger partial charge is 0.279 e. The van der Waals surface area contributed by atoms with E-state index in [0.717, 1.165) is 24.2 Å². The van der Waals surface area contributed by atoms with Gasteiger partial charge in [-0.05, 0) is 12.1 Å². The Balaban J connectivity index is 0.00000261. The number of nitrogens with zero attached hydrogens (tertiary/aromatic N) is 2. The van der Waals surface area contributed by atoms with Gasteiger partial charge < -0.3 is 24.4 Å². The van der Waals surface area contributed by atoms with Crippen molar-refractivity contribution in [2.24, 2.45) is 0 Å². The molecule has 8 nitrogen and oxygen atoms in total. The molecular weight excluding hydrogens is 372 g/mol. The Kier molecular flexibility index (Phi) is 7.46. The number of anilines is 1. The summed E-state index contributed by atoms with van der Waals surface area (Å²) in [5.74, 6) is 0.998. The molecule has 0 atom stereocenters. The molecule has 3 rings (SSSR count). The second-order valence-electron chi connectivity index (χ2n) is 5.94. The fraction of sp³-hybridized carbons (Fsp3) is 0.444. The molecule has 2 aromatic rings. The summed E-state index contributed by atoms with van der Waals surface area (Å²) < 4.78 is 15.8. The van der Waals surface area contributed by atoms with E-state index < -0.39 is 0 Å². The van der Waals surface area contributed by atoms with Gasteiger partial charge in [0, 0.05) is 56.2 Å². The lowest BCUT2D eigenvalue weighted by Crippen LogP contribution is -2.35. The van der Waals surface area contributed by atoms with Gasteiger partial charge in [0.25, 0.3) is 5.91 Å². The maximum Gasteiger partial charge on any atom is 0.279 e. The summed E-state index contributed by atoms with van der Waals surface area (Å²) in [6.07, 6.45) is 0.837. The molecule has 9 heteroatoms. The predicted molar refractivity (Wildman–Crippen MR) is 104 cm³/mol. The first-order valence-corrected chi connectivity index (χ1v) is 8.49. The standard InChI is InChI=1S/C18H24N4O4.ClH/c1-24-9-8-22(12-4-5-15(25-2)16(10-12)26-3)18(23)17-13-11-19-7-6-14(13)20-21-17;/h4-5,10,19H,6-9,11H2,1-3H3,(H,20,21);1H. The molecule has 0 aliphatic carbocycles. The summed E-state index contributed by atoms with van der Waals surface area (Å²) in [7, 11) is 4.75. The Labute approximate surface area is 164 Å². The van der Waals surface area contributed by atoms with E-state index in [1.54, 1.807) is 38.4 Å². The Bertz CT molecular complexity index is 781. The van der Waals surface area contributed by atoms with Crippen molar-refractivity contribution in [3.8, 4) is 11.5 Å². The molecule has 0 fully saturated rings. The molecule has 2 N–H and O–H groups in total. The molecule has 1 aromatic heterocycles. The van der Waals surface area contributed by atoms with E-state index in [9.17, 15) is 4.79 Å². The third-order valence-electron chi connectivity index (χ3n) is 4.45. The second kappa shape index (κ2) is 9.59. The van der Waals surface area contributed by atoms with Gasteiger partial charge in [-0.15, -0.1) is 12.4 Å². The number of aromatic amines is 1. The van der Waals surface area contributed by atoms with Gasteiger partial charge in [-0.2, -0.15) is 5.10 Å². The Morgan fingerprint density at radius 1 is 1.22 bits per heavy atom. The number of hydrogen-bond acceptors (Lipinski definition) is 6. The number of H-pyrrole nitrogens is 1. The Morgan fingerprint density at radius 3 is 2.70 bits per heavy atom. The number of rotatable bonds is 7. The topological polar surface area (TPSA) is 88.7 Å². The number of fused-ring (bicyclic) bond motifs is 1. The average Bonchev–Trinajstić information content (AvgIpc) is 3.12. The number of methoxy groups -OCH3 is 3. The molecule has 27 heavy (non-hydrogen) atoms. The number of carbonyl (C=O) groups excluding carboxylic acids is 1. The molecule has 0 saturated heterocycles. The summed E-state index contributed by atoms with van der Waals surface area (Å²) in [5, 5.41) is 10.6. The molecule has 0 saturated carbocycles. The van der Waals surface area contributed by atoms with Gasteiger partial charge in [-0.25, -0.2) is 0 Å². The number of amides is 1. The highest BCUT2D eigenvalue weighted by atomic mass is 35.5. The monoisotopic (exact) mass is 396 g/mol. The molecule has 2 heterocycles. The molecule has 0 unspecified atom stereocenters. The minimum Gasteiger partial charge on any atom is -0.493 e. The van der Waals surface area contributed by atoms with Crippen LogP contribution in [-0.2, 0) is 17.7 Å². The first kappa shape index (κ1) is 21.0. The second-order valence-corrected chi connectivity index (χ2v) is 5.94. The first-order valence-electron chi connectivity index (χ1n) is 8.49. The lowest BCUT2D eigenvalue weighted by atomic mass is 10.1. The van der Waals surface area contributed by atoms with Crippen LogP contribution in [0.15, 0.2) is 18.2 Å². The highest BCUT2D eigenvalue weighted by Crippen LogP contribution is 2.32. The summed E-state index contributed by atoms with van der Waals surface area (Å²) in [6, 6.07) is 5.39. The van der Waals surface area contributed by atoms with E-state index in [1.807, 2.05) is 6.07 Å². The van der Waals surface area contributed by atoms with Crippen LogP contribution in [0, 0.1) is 0 Å². The van der Waals surface area contributed by atoms with Crippen LogP contribution in [0.2, 0.25) is 0 Å². The van der Waals surface area contributed by atoms with Crippen molar-refractivity contribution in [3.05, 3.63) is 35.2 Å². The van der Waals surface area contributed by atoms with E-state index in [1.165, 1.54) is 0 Å². The highest BCUT2D eigenvalue weighted by Gasteiger charge is 2.27. The fourth-order valence-corrected chi connectivity index (χ4v) is 3.05. The summed E-state index contributed by atoms with van der Waals surface area (Å²) >= 11 is 0. The van der Waals surface area contributed by atoms with Crippen molar-refractivity contribution in [2.75, 3.05) is 45.9 Å².